The molecule has 11 nitrogen and oxygen atoms in total. The maximum atomic E-state index is 12.7. The smallest absolute Gasteiger partial charge is 0.292 e. The Kier molecular flexibility index (Phi) is 7.73. The highest BCUT2D eigenvalue weighted by Gasteiger charge is 2.32. The molecule has 2 N–H and O–H groups in total. The Bertz CT molecular complexity index is 1200. The van der Waals surface area contributed by atoms with Crippen molar-refractivity contribution in [3.05, 3.63) is 77.6 Å². The maximum Gasteiger partial charge on any atom is 0.300 e. The minimum Gasteiger partial charge on any atom is -0.292 e. The van der Waals surface area contributed by atoms with Gasteiger partial charge in [0.2, 0.25) is 5.91 Å². The van der Waals surface area contributed by atoms with E-state index in [2.05, 4.69) is 26.8 Å². The first-order chi connectivity index (χ1) is 15.7. The molecule has 1 saturated heterocycles. The molecule has 14 heteroatoms. The third-order valence-corrected chi connectivity index (χ3v) is 6.18. The number of non-ortho nitro benzene ring substituents is 1. The molecule has 1 heterocycles. The zero-order valence-electron chi connectivity index (χ0n) is 16.5. The topological polar surface area (TPSA) is 148 Å². The zero-order chi connectivity index (χ0) is 24.1. The van der Waals surface area contributed by atoms with E-state index >= 15 is 0 Å². The monoisotopic (exact) mass is 551 g/mol. The van der Waals surface area contributed by atoms with Gasteiger partial charge in [-0.15, -0.1) is 0 Å². The molecule has 0 bridgehead atoms. The highest BCUT2D eigenvalue weighted by Crippen LogP contribution is 2.33. The number of thiocarbonyl (C=S) groups is 1. The van der Waals surface area contributed by atoms with Gasteiger partial charge in [-0.25, -0.2) is 0 Å². The van der Waals surface area contributed by atoms with Gasteiger partial charge in [0, 0.05) is 23.5 Å². The van der Waals surface area contributed by atoms with E-state index in [1.54, 1.807) is 6.08 Å². The van der Waals surface area contributed by atoms with Crippen molar-refractivity contribution in [1.29, 1.82) is 0 Å². The lowest BCUT2D eigenvalue weighted by atomic mass is 10.2. The van der Waals surface area contributed by atoms with Crippen LogP contribution in [0.15, 0.2) is 51.8 Å². The van der Waals surface area contributed by atoms with Crippen molar-refractivity contribution in [3.8, 4) is 0 Å². The summed E-state index contributed by atoms with van der Waals surface area (Å²) in [7, 11) is 0. The molecule has 0 radical (unpaired) electrons. The molecule has 1 fully saturated rings. The van der Waals surface area contributed by atoms with Gasteiger partial charge >= 0.3 is 5.69 Å². The molecule has 0 saturated carbocycles. The second-order valence-electron chi connectivity index (χ2n) is 6.53. The van der Waals surface area contributed by atoms with Crippen molar-refractivity contribution >= 4 is 79.2 Å². The summed E-state index contributed by atoms with van der Waals surface area (Å²) < 4.78 is 1.18. The second kappa shape index (κ2) is 10.5. The first kappa shape index (κ1) is 24.3. The van der Waals surface area contributed by atoms with Crippen molar-refractivity contribution in [1.82, 2.24) is 10.3 Å². The molecule has 2 amide bonds. The summed E-state index contributed by atoms with van der Waals surface area (Å²) in [5, 5.41) is 22.0. The standard InChI is InChI=1S/C19H14BrN5O6S2/c20-12-3-1-2-11(8-12)9-16-18(27)23(19(32)33-16)7-6-17(26)22-21-14-5-4-13(24(28)29)10-15(14)25(30)31/h1-5,8-10,21H,6-7H2,(H,22,26). The van der Waals surface area contributed by atoms with Crippen LogP contribution >= 0.6 is 39.9 Å². The quantitative estimate of drug-likeness (QED) is 0.215. The van der Waals surface area contributed by atoms with Gasteiger partial charge in [-0.2, -0.15) is 0 Å². The fourth-order valence-corrected chi connectivity index (χ4v) is 4.47. The Morgan fingerprint density at radius 1 is 1.18 bits per heavy atom. The van der Waals surface area contributed by atoms with Crippen molar-refractivity contribution in [2.45, 2.75) is 6.42 Å². The summed E-state index contributed by atoms with van der Waals surface area (Å²) in [6, 6.07) is 10.4. The normalized spacial score (nSPS) is 14.5. The molecule has 2 aromatic rings. The van der Waals surface area contributed by atoms with Gasteiger partial charge in [-0.05, 0) is 29.8 Å². The van der Waals surface area contributed by atoms with Crippen molar-refractivity contribution in [3.63, 3.8) is 0 Å². The van der Waals surface area contributed by atoms with Crippen molar-refractivity contribution in [2.24, 2.45) is 0 Å². The molecule has 1 aliphatic rings. The molecule has 0 aliphatic carbocycles. The maximum absolute atomic E-state index is 12.7. The number of amides is 2. The molecule has 1 aliphatic heterocycles. The van der Waals surface area contributed by atoms with Crippen LogP contribution in [0.5, 0.6) is 0 Å². The molecule has 0 atom stereocenters. The zero-order valence-corrected chi connectivity index (χ0v) is 19.7. The first-order valence-electron chi connectivity index (χ1n) is 9.14. The molecule has 2 aromatic carbocycles. The third-order valence-electron chi connectivity index (χ3n) is 4.31. The number of halogens is 1. The van der Waals surface area contributed by atoms with Crippen LogP contribution in [0.2, 0.25) is 0 Å². The number of nitrogens with one attached hydrogen (secondary N) is 2. The van der Waals surface area contributed by atoms with Crippen LogP contribution in [0.25, 0.3) is 6.08 Å². The Balaban J connectivity index is 1.59. The van der Waals surface area contributed by atoms with E-state index in [4.69, 9.17) is 12.2 Å². The number of hydrazine groups is 1. The minimum absolute atomic E-state index is 0.0103. The number of anilines is 1. The van der Waals surface area contributed by atoms with Gasteiger partial charge in [0.25, 0.3) is 11.6 Å². The lowest BCUT2D eigenvalue weighted by Crippen LogP contribution is -2.35. The molecular formula is C19H14BrN5O6S2. The minimum atomic E-state index is -0.806. The number of carbonyl (C=O) groups is 2. The van der Waals surface area contributed by atoms with Gasteiger partial charge in [-0.3, -0.25) is 45.6 Å². The molecule has 0 unspecified atom stereocenters. The van der Waals surface area contributed by atoms with E-state index < -0.39 is 27.1 Å². The number of hydrogen-bond donors (Lipinski definition) is 2. The van der Waals surface area contributed by atoms with Crippen LogP contribution in [0.3, 0.4) is 0 Å². The van der Waals surface area contributed by atoms with E-state index in [1.165, 1.54) is 4.90 Å². The number of thioether (sulfide) groups is 1. The van der Waals surface area contributed by atoms with Gasteiger partial charge in [-0.1, -0.05) is 52.0 Å². The van der Waals surface area contributed by atoms with Crippen molar-refractivity contribution in [2.75, 3.05) is 12.0 Å². The van der Waals surface area contributed by atoms with Crippen LogP contribution < -0.4 is 10.9 Å². The number of hydrogen-bond acceptors (Lipinski definition) is 9. The molecular weight excluding hydrogens is 538 g/mol. The van der Waals surface area contributed by atoms with Crippen LogP contribution in [0, 0.1) is 20.2 Å². The summed E-state index contributed by atoms with van der Waals surface area (Å²) in [6.45, 7) is 0.0103. The summed E-state index contributed by atoms with van der Waals surface area (Å²) in [4.78, 5) is 47.0. The van der Waals surface area contributed by atoms with Crippen LogP contribution in [0.4, 0.5) is 17.1 Å². The van der Waals surface area contributed by atoms with Gasteiger partial charge in [0.05, 0.1) is 20.8 Å². The Labute approximate surface area is 204 Å². The highest BCUT2D eigenvalue weighted by molar-refractivity contribution is 9.10. The number of carbonyl (C=O) groups excluding carboxylic acids is 2. The van der Waals surface area contributed by atoms with E-state index in [-0.39, 0.29) is 24.6 Å². The summed E-state index contributed by atoms with van der Waals surface area (Å²) >= 11 is 9.75. The summed E-state index contributed by atoms with van der Waals surface area (Å²) in [5.74, 6) is -0.885. The van der Waals surface area contributed by atoms with Crippen molar-refractivity contribution < 1.29 is 19.4 Å². The SMILES string of the molecule is O=C(CCN1C(=O)C(=Cc2cccc(Br)c2)SC1=S)NNc1ccc([N+](=O)[O-])cc1[N+](=O)[O-]. The number of nitro benzene ring substituents is 2. The number of nitro groups is 2. The van der Waals surface area contributed by atoms with Gasteiger partial charge in [0.15, 0.2) is 0 Å². The third kappa shape index (κ3) is 6.12. The van der Waals surface area contributed by atoms with E-state index in [0.29, 0.717) is 9.23 Å². The lowest BCUT2D eigenvalue weighted by molar-refractivity contribution is -0.393. The van der Waals surface area contributed by atoms with Crippen LogP contribution in [-0.4, -0.2) is 37.4 Å². The fraction of sp³-hybridized carbons (Fsp3) is 0.105. The fourth-order valence-electron chi connectivity index (χ4n) is 2.74. The molecule has 0 aromatic heterocycles. The number of rotatable bonds is 8. The van der Waals surface area contributed by atoms with Gasteiger partial charge in [0.1, 0.15) is 10.0 Å². The molecule has 0 spiro atoms. The Hall–Kier alpha value is -3.36. The molecule has 170 valence electrons. The second-order valence-corrected chi connectivity index (χ2v) is 9.12. The van der Waals surface area contributed by atoms with Crippen LogP contribution in [-0.2, 0) is 9.59 Å². The number of nitrogens with zero attached hydrogens (tertiary/aromatic N) is 3. The molecule has 3 rings (SSSR count). The summed E-state index contributed by atoms with van der Waals surface area (Å²) in [6.07, 6.45) is 1.57. The van der Waals surface area contributed by atoms with E-state index in [0.717, 1.165) is 40.0 Å². The Morgan fingerprint density at radius 3 is 2.61 bits per heavy atom. The molecule has 33 heavy (non-hydrogen) atoms. The van der Waals surface area contributed by atoms with E-state index in [1.807, 2.05) is 24.3 Å². The highest BCUT2D eigenvalue weighted by atomic mass is 79.9. The lowest BCUT2D eigenvalue weighted by Gasteiger charge is -2.14. The van der Waals surface area contributed by atoms with E-state index in [9.17, 15) is 29.8 Å². The average Bonchev–Trinajstić information content (AvgIpc) is 3.02. The number of benzene rings is 2. The Morgan fingerprint density at radius 2 is 1.94 bits per heavy atom. The van der Waals surface area contributed by atoms with Gasteiger partial charge < -0.3 is 0 Å². The van der Waals surface area contributed by atoms with Crippen LogP contribution in [0.1, 0.15) is 12.0 Å². The predicted molar refractivity (Wildman–Crippen MR) is 130 cm³/mol. The summed E-state index contributed by atoms with van der Waals surface area (Å²) in [5.41, 5.74) is 4.33. The first-order valence-corrected chi connectivity index (χ1v) is 11.2. The average molecular weight is 552 g/mol. The predicted octanol–water partition coefficient (Wildman–Crippen LogP) is 4.00. The largest absolute Gasteiger partial charge is 0.300 e.